The second kappa shape index (κ2) is 5.19. The lowest BCUT2D eigenvalue weighted by Crippen LogP contribution is -2.46. The van der Waals surface area contributed by atoms with Gasteiger partial charge in [0, 0.05) is 6.04 Å². The van der Waals surface area contributed by atoms with Crippen LogP contribution in [0.2, 0.25) is 0 Å². The van der Waals surface area contributed by atoms with Crippen molar-refractivity contribution in [3.05, 3.63) is 0 Å². The summed E-state index contributed by atoms with van der Waals surface area (Å²) in [5, 5.41) is 20.4. The molecule has 76 valence electrons. The molecule has 1 fully saturated rings. The van der Waals surface area contributed by atoms with Crippen LogP contribution in [0.5, 0.6) is 0 Å². The van der Waals surface area contributed by atoms with Gasteiger partial charge in [-0.3, -0.25) is 10.1 Å². The van der Waals surface area contributed by atoms with Crippen molar-refractivity contribution in [2.75, 3.05) is 6.61 Å². The molecule has 0 aliphatic heterocycles. The van der Waals surface area contributed by atoms with E-state index in [4.69, 9.17) is 10.2 Å². The van der Waals surface area contributed by atoms with Crippen molar-refractivity contribution < 1.29 is 15.0 Å². The molecule has 0 unspecified atom stereocenters. The van der Waals surface area contributed by atoms with E-state index in [2.05, 4.69) is 5.32 Å². The molecule has 1 aliphatic rings. The minimum absolute atomic E-state index is 0.280. The Morgan fingerprint density at radius 1 is 1.38 bits per heavy atom. The Morgan fingerprint density at radius 2 is 2.00 bits per heavy atom. The largest absolute Gasteiger partial charge is 0.480 e. The molecule has 0 amide bonds. The molecule has 0 heterocycles. The first kappa shape index (κ1) is 10.5. The lowest BCUT2D eigenvalue weighted by molar-refractivity contribution is -0.140. The number of carboxylic acid groups (broad SMARTS) is 1. The van der Waals surface area contributed by atoms with Crippen LogP contribution in [0.4, 0.5) is 0 Å². The Kier molecular flexibility index (Phi) is 4.18. The van der Waals surface area contributed by atoms with Crippen LogP contribution in [0.1, 0.15) is 32.1 Å². The minimum Gasteiger partial charge on any atom is -0.480 e. The van der Waals surface area contributed by atoms with Gasteiger partial charge in [0.15, 0.2) is 0 Å². The summed E-state index contributed by atoms with van der Waals surface area (Å²) in [6.45, 7) is -0.328. The second-order valence-corrected chi connectivity index (χ2v) is 3.57. The maximum Gasteiger partial charge on any atom is 0.323 e. The first-order valence-corrected chi connectivity index (χ1v) is 4.83. The molecule has 13 heavy (non-hydrogen) atoms. The van der Waals surface area contributed by atoms with E-state index in [1.807, 2.05) is 0 Å². The molecule has 0 aromatic rings. The number of aliphatic hydroxyl groups excluding tert-OH is 1. The molecule has 0 spiro atoms. The average molecular weight is 187 g/mol. The van der Waals surface area contributed by atoms with E-state index in [1.54, 1.807) is 0 Å². The quantitative estimate of drug-likeness (QED) is 0.594. The third kappa shape index (κ3) is 3.32. The van der Waals surface area contributed by atoms with Gasteiger partial charge in [-0.15, -0.1) is 0 Å². The predicted octanol–water partition coefficient (Wildman–Crippen LogP) is 0.354. The Morgan fingerprint density at radius 3 is 2.46 bits per heavy atom. The van der Waals surface area contributed by atoms with Crippen molar-refractivity contribution in [3.63, 3.8) is 0 Å². The van der Waals surface area contributed by atoms with Crippen LogP contribution in [-0.4, -0.2) is 34.9 Å². The van der Waals surface area contributed by atoms with Crippen LogP contribution in [-0.2, 0) is 4.79 Å². The van der Waals surface area contributed by atoms with E-state index in [-0.39, 0.29) is 12.6 Å². The Bertz CT molecular complexity index is 166. The van der Waals surface area contributed by atoms with Crippen LogP contribution in [0.3, 0.4) is 0 Å². The first-order valence-electron chi connectivity index (χ1n) is 4.83. The second-order valence-electron chi connectivity index (χ2n) is 3.57. The number of hydrogen-bond acceptors (Lipinski definition) is 3. The molecule has 1 atom stereocenters. The molecule has 4 nitrogen and oxygen atoms in total. The molecule has 3 N–H and O–H groups in total. The van der Waals surface area contributed by atoms with Gasteiger partial charge in [-0.2, -0.15) is 0 Å². The van der Waals surface area contributed by atoms with Gasteiger partial charge in [0.25, 0.3) is 0 Å². The summed E-state index contributed by atoms with van der Waals surface area (Å²) in [5.41, 5.74) is 0. The summed E-state index contributed by atoms with van der Waals surface area (Å²) >= 11 is 0. The number of carbonyl (C=O) groups is 1. The van der Waals surface area contributed by atoms with Crippen molar-refractivity contribution in [3.8, 4) is 0 Å². The topological polar surface area (TPSA) is 69.6 Å². The highest BCUT2D eigenvalue weighted by molar-refractivity contribution is 5.73. The van der Waals surface area contributed by atoms with E-state index in [1.165, 1.54) is 6.42 Å². The standard InChI is InChI=1S/C9H17NO3/c11-6-8(9(12)13)10-7-4-2-1-3-5-7/h7-8,10-11H,1-6H2,(H,12,13)/t8-/m0/s1. The maximum absolute atomic E-state index is 10.6. The maximum atomic E-state index is 10.6. The fourth-order valence-electron chi connectivity index (χ4n) is 1.76. The fraction of sp³-hybridized carbons (Fsp3) is 0.889. The molecule has 1 saturated carbocycles. The van der Waals surface area contributed by atoms with Gasteiger partial charge in [-0.25, -0.2) is 0 Å². The van der Waals surface area contributed by atoms with Crippen molar-refractivity contribution in [1.82, 2.24) is 5.32 Å². The summed E-state index contributed by atoms with van der Waals surface area (Å²) in [6, 6.07) is -0.509. The Hall–Kier alpha value is -0.610. The van der Waals surface area contributed by atoms with Crippen molar-refractivity contribution in [2.24, 2.45) is 0 Å². The number of nitrogens with one attached hydrogen (secondary N) is 1. The smallest absolute Gasteiger partial charge is 0.323 e. The van der Waals surface area contributed by atoms with Crippen molar-refractivity contribution >= 4 is 5.97 Å². The number of aliphatic hydroxyl groups is 1. The van der Waals surface area contributed by atoms with E-state index < -0.39 is 12.0 Å². The fourth-order valence-corrected chi connectivity index (χ4v) is 1.76. The number of rotatable bonds is 4. The van der Waals surface area contributed by atoms with Gasteiger partial charge in [0.05, 0.1) is 6.61 Å². The zero-order valence-corrected chi connectivity index (χ0v) is 7.70. The molecular formula is C9H17NO3. The molecule has 0 saturated heterocycles. The highest BCUT2D eigenvalue weighted by Crippen LogP contribution is 2.17. The van der Waals surface area contributed by atoms with Crippen molar-refractivity contribution in [1.29, 1.82) is 0 Å². The van der Waals surface area contributed by atoms with Crippen LogP contribution in [0.15, 0.2) is 0 Å². The predicted molar refractivity (Wildman–Crippen MR) is 48.5 cm³/mol. The van der Waals surface area contributed by atoms with Gasteiger partial charge in [-0.05, 0) is 12.8 Å². The lowest BCUT2D eigenvalue weighted by Gasteiger charge is -2.25. The van der Waals surface area contributed by atoms with E-state index >= 15 is 0 Å². The molecular weight excluding hydrogens is 170 g/mol. The highest BCUT2D eigenvalue weighted by Gasteiger charge is 2.21. The van der Waals surface area contributed by atoms with Gasteiger partial charge >= 0.3 is 5.97 Å². The van der Waals surface area contributed by atoms with E-state index in [9.17, 15) is 4.79 Å². The number of carboxylic acids is 1. The first-order chi connectivity index (χ1) is 6.24. The zero-order chi connectivity index (χ0) is 9.68. The highest BCUT2D eigenvalue weighted by atomic mass is 16.4. The van der Waals surface area contributed by atoms with Gasteiger partial charge in [0.2, 0.25) is 0 Å². The van der Waals surface area contributed by atoms with Crippen LogP contribution in [0.25, 0.3) is 0 Å². The monoisotopic (exact) mass is 187 g/mol. The third-order valence-corrected chi connectivity index (χ3v) is 2.52. The zero-order valence-electron chi connectivity index (χ0n) is 7.70. The normalized spacial score (nSPS) is 21.3. The van der Waals surface area contributed by atoms with E-state index in [0.717, 1.165) is 25.7 Å². The van der Waals surface area contributed by atoms with Crippen LogP contribution >= 0.6 is 0 Å². The van der Waals surface area contributed by atoms with Crippen LogP contribution < -0.4 is 5.32 Å². The molecule has 4 heteroatoms. The van der Waals surface area contributed by atoms with Crippen molar-refractivity contribution in [2.45, 2.75) is 44.2 Å². The average Bonchev–Trinajstić information content (AvgIpc) is 2.15. The molecule has 1 aliphatic carbocycles. The SMILES string of the molecule is O=C(O)[C@H](CO)NC1CCCCC1. The lowest BCUT2D eigenvalue weighted by atomic mass is 9.95. The molecule has 0 radical (unpaired) electrons. The van der Waals surface area contributed by atoms with Gasteiger partial charge in [-0.1, -0.05) is 19.3 Å². The van der Waals surface area contributed by atoms with Crippen LogP contribution in [0, 0.1) is 0 Å². The summed E-state index contributed by atoms with van der Waals surface area (Å²) in [7, 11) is 0. The summed E-state index contributed by atoms with van der Waals surface area (Å²) in [4.78, 5) is 10.6. The number of hydrogen-bond donors (Lipinski definition) is 3. The Labute approximate surface area is 78.0 Å². The Balaban J connectivity index is 2.31. The summed E-state index contributed by atoms with van der Waals surface area (Å²) < 4.78 is 0. The molecule has 0 aromatic carbocycles. The summed E-state index contributed by atoms with van der Waals surface area (Å²) in [5.74, 6) is -0.965. The van der Waals surface area contributed by atoms with E-state index in [0.29, 0.717) is 0 Å². The third-order valence-electron chi connectivity index (χ3n) is 2.52. The van der Waals surface area contributed by atoms with Gasteiger partial charge < -0.3 is 10.2 Å². The number of aliphatic carboxylic acids is 1. The van der Waals surface area contributed by atoms with Gasteiger partial charge in [0.1, 0.15) is 6.04 Å². The summed E-state index contributed by atoms with van der Waals surface area (Å²) in [6.07, 6.45) is 5.63. The molecule has 0 aromatic heterocycles. The molecule has 1 rings (SSSR count). The minimum atomic E-state index is -0.965. The molecule has 0 bridgehead atoms.